The Hall–Kier alpha value is -2.02. The summed E-state index contributed by atoms with van der Waals surface area (Å²) < 4.78 is 17.3. The van der Waals surface area contributed by atoms with Gasteiger partial charge in [0.25, 0.3) is 5.91 Å². The third kappa shape index (κ3) is 2.56. The predicted octanol–water partition coefficient (Wildman–Crippen LogP) is 1.82. The SMILES string of the molecule is Cc1nsc(NC(=O)c2ccc(N)cc2F)n1. The monoisotopic (exact) mass is 252 g/mol. The molecule has 1 aromatic carbocycles. The lowest BCUT2D eigenvalue weighted by atomic mass is 10.2. The van der Waals surface area contributed by atoms with Crippen LogP contribution in [0.5, 0.6) is 0 Å². The van der Waals surface area contributed by atoms with Crippen molar-refractivity contribution in [3.05, 3.63) is 35.4 Å². The average molecular weight is 252 g/mol. The van der Waals surface area contributed by atoms with Crippen LogP contribution in [0.3, 0.4) is 0 Å². The molecule has 1 aromatic heterocycles. The highest BCUT2D eigenvalue weighted by molar-refractivity contribution is 7.09. The lowest BCUT2D eigenvalue weighted by molar-refractivity contribution is 0.102. The van der Waals surface area contributed by atoms with Crippen molar-refractivity contribution in [2.24, 2.45) is 0 Å². The third-order valence-corrected chi connectivity index (χ3v) is 2.71. The van der Waals surface area contributed by atoms with Crippen LogP contribution in [0.15, 0.2) is 18.2 Å². The standard InChI is InChI=1S/C10H9FN4OS/c1-5-13-10(17-15-5)14-9(16)7-3-2-6(12)4-8(7)11/h2-4H,12H2,1H3,(H,13,14,15,16). The molecule has 0 aliphatic carbocycles. The number of nitrogens with one attached hydrogen (secondary N) is 1. The van der Waals surface area contributed by atoms with Crippen molar-refractivity contribution in [3.8, 4) is 0 Å². The number of hydrogen-bond donors (Lipinski definition) is 2. The van der Waals surface area contributed by atoms with Crippen LogP contribution < -0.4 is 11.1 Å². The molecule has 1 heterocycles. The molecule has 88 valence electrons. The minimum atomic E-state index is -0.663. The van der Waals surface area contributed by atoms with Gasteiger partial charge in [0, 0.05) is 17.2 Å². The molecule has 2 rings (SSSR count). The van der Waals surface area contributed by atoms with Gasteiger partial charge in [-0.1, -0.05) is 0 Å². The zero-order chi connectivity index (χ0) is 12.4. The van der Waals surface area contributed by atoms with Crippen LogP contribution in [0.2, 0.25) is 0 Å². The average Bonchev–Trinajstić information content (AvgIpc) is 2.63. The third-order valence-electron chi connectivity index (χ3n) is 1.99. The quantitative estimate of drug-likeness (QED) is 0.799. The topological polar surface area (TPSA) is 80.9 Å². The number of halogens is 1. The number of nitrogens with two attached hydrogens (primary N) is 1. The molecule has 0 unspecified atom stereocenters. The minimum Gasteiger partial charge on any atom is -0.399 e. The number of nitrogens with zero attached hydrogens (tertiary/aromatic N) is 2. The first kappa shape index (κ1) is 11.5. The van der Waals surface area contributed by atoms with Gasteiger partial charge in [0.05, 0.1) is 5.56 Å². The molecule has 1 amide bonds. The summed E-state index contributed by atoms with van der Waals surface area (Å²) in [4.78, 5) is 15.7. The Morgan fingerprint density at radius 2 is 2.29 bits per heavy atom. The van der Waals surface area contributed by atoms with Gasteiger partial charge in [-0.15, -0.1) is 0 Å². The fourth-order valence-electron chi connectivity index (χ4n) is 1.23. The maximum Gasteiger partial charge on any atom is 0.260 e. The first-order valence-electron chi connectivity index (χ1n) is 4.73. The van der Waals surface area contributed by atoms with E-state index >= 15 is 0 Å². The molecule has 0 bridgehead atoms. The second kappa shape index (κ2) is 4.46. The highest BCUT2D eigenvalue weighted by atomic mass is 32.1. The van der Waals surface area contributed by atoms with E-state index in [1.54, 1.807) is 6.92 Å². The largest absolute Gasteiger partial charge is 0.399 e. The van der Waals surface area contributed by atoms with Crippen LogP contribution in [0.1, 0.15) is 16.2 Å². The molecule has 0 saturated heterocycles. The molecule has 0 aliphatic rings. The zero-order valence-corrected chi connectivity index (χ0v) is 9.71. The number of nitrogen functional groups attached to an aromatic ring is 1. The van der Waals surface area contributed by atoms with Crippen LogP contribution in [0.25, 0.3) is 0 Å². The number of hydrogen-bond acceptors (Lipinski definition) is 5. The minimum absolute atomic E-state index is 0.0768. The summed E-state index contributed by atoms with van der Waals surface area (Å²) in [6, 6.07) is 3.89. The number of aryl methyl sites for hydroxylation is 1. The van der Waals surface area contributed by atoms with Gasteiger partial charge in [-0.25, -0.2) is 9.37 Å². The van der Waals surface area contributed by atoms with E-state index in [2.05, 4.69) is 14.7 Å². The highest BCUT2D eigenvalue weighted by Gasteiger charge is 2.13. The van der Waals surface area contributed by atoms with Gasteiger partial charge in [-0.2, -0.15) is 4.37 Å². The summed E-state index contributed by atoms with van der Waals surface area (Å²) in [5, 5.41) is 2.80. The fraction of sp³-hybridized carbons (Fsp3) is 0.100. The molecule has 3 N–H and O–H groups in total. The molecule has 0 fully saturated rings. The summed E-state index contributed by atoms with van der Waals surface area (Å²) >= 11 is 1.04. The normalized spacial score (nSPS) is 10.2. The lowest BCUT2D eigenvalue weighted by Gasteiger charge is -2.03. The summed E-state index contributed by atoms with van der Waals surface area (Å²) in [6.07, 6.45) is 0. The Morgan fingerprint density at radius 3 is 2.88 bits per heavy atom. The van der Waals surface area contributed by atoms with Gasteiger partial charge in [0.15, 0.2) is 0 Å². The van der Waals surface area contributed by atoms with Gasteiger partial charge < -0.3 is 5.73 Å². The van der Waals surface area contributed by atoms with Crippen LogP contribution in [-0.4, -0.2) is 15.3 Å². The van der Waals surface area contributed by atoms with E-state index in [0.717, 1.165) is 17.6 Å². The van der Waals surface area contributed by atoms with Crippen molar-refractivity contribution < 1.29 is 9.18 Å². The number of anilines is 2. The van der Waals surface area contributed by atoms with E-state index in [-0.39, 0.29) is 11.3 Å². The number of rotatable bonds is 2. The van der Waals surface area contributed by atoms with Crippen molar-refractivity contribution in [2.75, 3.05) is 11.1 Å². The van der Waals surface area contributed by atoms with E-state index in [4.69, 9.17) is 5.73 Å². The van der Waals surface area contributed by atoms with Crippen molar-refractivity contribution >= 4 is 28.3 Å². The van der Waals surface area contributed by atoms with E-state index in [1.807, 2.05) is 0 Å². The van der Waals surface area contributed by atoms with Crippen LogP contribution in [0.4, 0.5) is 15.2 Å². The van der Waals surface area contributed by atoms with Gasteiger partial charge in [0.1, 0.15) is 11.6 Å². The highest BCUT2D eigenvalue weighted by Crippen LogP contribution is 2.15. The van der Waals surface area contributed by atoms with Crippen molar-refractivity contribution in [1.82, 2.24) is 9.36 Å². The molecule has 0 spiro atoms. The molecule has 2 aromatic rings. The molecule has 17 heavy (non-hydrogen) atoms. The fourth-order valence-corrected chi connectivity index (χ4v) is 1.80. The first-order chi connectivity index (χ1) is 8.06. The van der Waals surface area contributed by atoms with E-state index < -0.39 is 11.7 Å². The predicted molar refractivity (Wildman–Crippen MR) is 63.4 cm³/mol. The maximum absolute atomic E-state index is 13.4. The molecule has 5 nitrogen and oxygen atoms in total. The molecular weight excluding hydrogens is 243 g/mol. The van der Waals surface area contributed by atoms with E-state index in [1.165, 1.54) is 12.1 Å². The second-order valence-electron chi connectivity index (χ2n) is 3.34. The first-order valence-corrected chi connectivity index (χ1v) is 5.50. The van der Waals surface area contributed by atoms with Crippen LogP contribution in [-0.2, 0) is 0 Å². The maximum atomic E-state index is 13.4. The lowest BCUT2D eigenvalue weighted by Crippen LogP contribution is -2.13. The molecule has 0 saturated carbocycles. The molecule has 0 atom stereocenters. The Kier molecular flexibility index (Phi) is 3.01. The summed E-state index contributed by atoms with van der Waals surface area (Å²) in [7, 11) is 0. The van der Waals surface area contributed by atoms with Crippen molar-refractivity contribution in [1.29, 1.82) is 0 Å². The number of amides is 1. The van der Waals surface area contributed by atoms with E-state index in [0.29, 0.717) is 11.0 Å². The van der Waals surface area contributed by atoms with Crippen LogP contribution >= 0.6 is 11.5 Å². The molecular formula is C10H9FN4OS. The van der Waals surface area contributed by atoms with Gasteiger partial charge in [-0.05, 0) is 25.1 Å². The number of benzene rings is 1. The number of carbonyl (C=O) groups excluding carboxylic acids is 1. The smallest absolute Gasteiger partial charge is 0.260 e. The second-order valence-corrected chi connectivity index (χ2v) is 4.09. The summed E-state index contributed by atoms with van der Waals surface area (Å²) in [5.74, 6) is -0.675. The summed E-state index contributed by atoms with van der Waals surface area (Å²) in [6.45, 7) is 1.70. The number of carbonyl (C=O) groups is 1. The van der Waals surface area contributed by atoms with Gasteiger partial charge in [-0.3, -0.25) is 10.1 Å². The van der Waals surface area contributed by atoms with E-state index in [9.17, 15) is 9.18 Å². The Labute approximate surface area is 101 Å². The van der Waals surface area contributed by atoms with Gasteiger partial charge >= 0.3 is 0 Å². The Morgan fingerprint density at radius 1 is 1.53 bits per heavy atom. The van der Waals surface area contributed by atoms with Crippen molar-refractivity contribution in [2.45, 2.75) is 6.92 Å². The molecule has 0 aliphatic heterocycles. The Balaban J connectivity index is 2.20. The van der Waals surface area contributed by atoms with Crippen LogP contribution in [0, 0.1) is 12.7 Å². The Bertz CT molecular complexity index is 569. The molecule has 7 heteroatoms. The number of aromatic nitrogens is 2. The van der Waals surface area contributed by atoms with Gasteiger partial charge in [0.2, 0.25) is 5.13 Å². The van der Waals surface area contributed by atoms with Crippen molar-refractivity contribution in [3.63, 3.8) is 0 Å². The zero-order valence-electron chi connectivity index (χ0n) is 8.90. The molecule has 0 radical (unpaired) electrons. The summed E-state index contributed by atoms with van der Waals surface area (Å²) in [5.41, 5.74) is 5.58.